The normalized spacial score (nSPS) is 21.6. The number of benzene rings is 1. The molecule has 1 fully saturated rings. The number of halogens is 2. The zero-order chi connectivity index (χ0) is 15.1. The molecule has 0 spiro atoms. The van der Waals surface area contributed by atoms with Crippen LogP contribution in [0.1, 0.15) is 23.7 Å². The molecule has 1 amide bonds. The van der Waals surface area contributed by atoms with Gasteiger partial charge in [0.15, 0.2) is 0 Å². The summed E-state index contributed by atoms with van der Waals surface area (Å²) >= 11 is 5.98. The molecule has 1 aromatic carbocycles. The smallest absolute Gasteiger partial charge is 0.262 e. The van der Waals surface area contributed by atoms with Gasteiger partial charge in [-0.3, -0.25) is 4.79 Å². The third kappa shape index (κ3) is 3.27. The summed E-state index contributed by atoms with van der Waals surface area (Å²) in [5, 5.41) is 0.0902. The van der Waals surface area contributed by atoms with Gasteiger partial charge in [0.05, 0.1) is 15.5 Å². The first-order valence-electron chi connectivity index (χ1n) is 6.20. The molecule has 110 valence electrons. The highest BCUT2D eigenvalue weighted by Crippen LogP contribution is 2.38. The number of carbonyl (C=O) groups excluding carboxylic acids is 1. The highest BCUT2D eigenvalue weighted by atomic mass is 35.7. The molecular formula is C13H15Cl2NO3S. The van der Waals surface area contributed by atoms with Gasteiger partial charge in [0.1, 0.15) is 0 Å². The molecule has 0 radical (unpaired) electrons. The summed E-state index contributed by atoms with van der Waals surface area (Å²) < 4.78 is 23.1. The Bertz CT molecular complexity index is 645. The number of hydrogen-bond acceptors (Lipinski definition) is 3. The van der Waals surface area contributed by atoms with Gasteiger partial charge in [-0.15, -0.1) is 0 Å². The summed E-state index contributed by atoms with van der Waals surface area (Å²) in [4.78, 5) is 13.7. The van der Waals surface area contributed by atoms with E-state index in [0.717, 1.165) is 6.42 Å². The Morgan fingerprint density at radius 1 is 1.45 bits per heavy atom. The van der Waals surface area contributed by atoms with Crippen LogP contribution in [0.4, 0.5) is 0 Å². The first-order chi connectivity index (χ1) is 9.21. The molecule has 1 aliphatic rings. The van der Waals surface area contributed by atoms with E-state index in [0.29, 0.717) is 18.4 Å². The Morgan fingerprint density at radius 2 is 2.05 bits per heavy atom. The fraction of sp³-hybridized carbons (Fsp3) is 0.462. The third-order valence-corrected chi connectivity index (χ3v) is 5.26. The molecule has 0 bridgehead atoms. The van der Waals surface area contributed by atoms with Crippen molar-refractivity contribution < 1.29 is 13.2 Å². The lowest BCUT2D eigenvalue weighted by molar-refractivity contribution is 0.0783. The van der Waals surface area contributed by atoms with Crippen LogP contribution in [0.25, 0.3) is 0 Å². The van der Waals surface area contributed by atoms with Crippen molar-refractivity contribution in [3.63, 3.8) is 0 Å². The van der Waals surface area contributed by atoms with E-state index in [2.05, 4.69) is 6.92 Å². The number of rotatable bonds is 4. The number of carbonyl (C=O) groups is 1. The van der Waals surface area contributed by atoms with E-state index in [1.165, 1.54) is 23.1 Å². The molecule has 0 N–H and O–H groups in total. The van der Waals surface area contributed by atoms with E-state index in [9.17, 15) is 13.2 Å². The summed E-state index contributed by atoms with van der Waals surface area (Å²) in [6.07, 6.45) is 1.08. The zero-order valence-electron chi connectivity index (χ0n) is 11.1. The predicted molar refractivity (Wildman–Crippen MR) is 78.7 cm³/mol. The van der Waals surface area contributed by atoms with Crippen LogP contribution in [-0.4, -0.2) is 32.8 Å². The largest absolute Gasteiger partial charge is 0.341 e. The van der Waals surface area contributed by atoms with Crippen molar-refractivity contribution in [2.24, 2.45) is 11.8 Å². The standard InChI is InChI=1S/C13H15Cl2NO3S/c1-8-6-9(8)7-16(2)13(17)12-10(14)4-3-5-11(12)20(15,18)19/h3-5,8-9H,6-7H2,1-2H3. The topological polar surface area (TPSA) is 54.5 Å². The van der Waals surface area contributed by atoms with Gasteiger partial charge < -0.3 is 4.90 Å². The van der Waals surface area contributed by atoms with Gasteiger partial charge in [0.25, 0.3) is 15.0 Å². The van der Waals surface area contributed by atoms with Crippen molar-refractivity contribution >= 4 is 37.2 Å². The van der Waals surface area contributed by atoms with Crippen LogP contribution in [0.2, 0.25) is 5.02 Å². The molecular weight excluding hydrogens is 321 g/mol. The molecule has 2 atom stereocenters. The second-order valence-corrected chi connectivity index (χ2v) is 8.15. The van der Waals surface area contributed by atoms with E-state index in [1.807, 2.05) is 0 Å². The van der Waals surface area contributed by atoms with Crippen molar-refractivity contribution in [1.29, 1.82) is 0 Å². The van der Waals surface area contributed by atoms with Crippen molar-refractivity contribution in [2.45, 2.75) is 18.2 Å². The van der Waals surface area contributed by atoms with E-state index in [1.54, 1.807) is 7.05 Å². The van der Waals surface area contributed by atoms with E-state index >= 15 is 0 Å². The second-order valence-electron chi connectivity index (χ2n) is 5.21. The van der Waals surface area contributed by atoms with Crippen molar-refractivity contribution in [2.75, 3.05) is 13.6 Å². The van der Waals surface area contributed by atoms with E-state index in [4.69, 9.17) is 22.3 Å². The quantitative estimate of drug-likeness (QED) is 0.795. The van der Waals surface area contributed by atoms with Crippen LogP contribution in [0.15, 0.2) is 23.1 Å². The number of hydrogen-bond donors (Lipinski definition) is 0. The predicted octanol–water partition coefficient (Wildman–Crippen LogP) is 3.00. The number of nitrogens with zero attached hydrogens (tertiary/aromatic N) is 1. The lowest BCUT2D eigenvalue weighted by Crippen LogP contribution is -2.30. The Hall–Kier alpha value is -0.780. The highest BCUT2D eigenvalue weighted by molar-refractivity contribution is 8.13. The van der Waals surface area contributed by atoms with Gasteiger partial charge >= 0.3 is 0 Å². The van der Waals surface area contributed by atoms with Gasteiger partial charge in [-0.2, -0.15) is 0 Å². The highest BCUT2D eigenvalue weighted by Gasteiger charge is 2.35. The zero-order valence-corrected chi connectivity index (χ0v) is 13.5. The first kappa shape index (κ1) is 15.6. The molecule has 20 heavy (non-hydrogen) atoms. The van der Waals surface area contributed by atoms with Crippen LogP contribution in [0, 0.1) is 11.8 Å². The lowest BCUT2D eigenvalue weighted by Gasteiger charge is -2.19. The third-order valence-electron chi connectivity index (χ3n) is 3.58. The lowest BCUT2D eigenvalue weighted by atomic mass is 10.2. The van der Waals surface area contributed by atoms with Crippen LogP contribution in [0.3, 0.4) is 0 Å². The fourth-order valence-corrected chi connectivity index (χ4v) is 3.57. The van der Waals surface area contributed by atoms with Gasteiger partial charge in [-0.05, 0) is 30.4 Å². The molecule has 4 nitrogen and oxygen atoms in total. The van der Waals surface area contributed by atoms with Gasteiger partial charge in [-0.25, -0.2) is 8.42 Å². The van der Waals surface area contributed by atoms with Gasteiger partial charge in [0.2, 0.25) is 0 Å². The second kappa shape index (κ2) is 5.54. The molecule has 0 aliphatic heterocycles. The van der Waals surface area contributed by atoms with E-state index < -0.39 is 15.0 Å². The van der Waals surface area contributed by atoms with Crippen LogP contribution in [0.5, 0.6) is 0 Å². The molecule has 0 heterocycles. The Labute approximate surface area is 128 Å². The van der Waals surface area contributed by atoms with Crippen LogP contribution >= 0.6 is 22.3 Å². The molecule has 0 saturated heterocycles. The van der Waals surface area contributed by atoms with Crippen LogP contribution < -0.4 is 0 Å². The maximum absolute atomic E-state index is 12.4. The minimum absolute atomic E-state index is 0.0556. The monoisotopic (exact) mass is 335 g/mol. The summed E-state index contributed by atoms with van der Waals surface area (Å²) in [6, 6.07) is 4.22. The maximum atomic E-state index is 12.4. The van der Waals surface area contributed by atoms with Crippen LogP contribution in [-0.2, 0) is 9.05 Å². The summed E-state index contributed by atoms with van der Waals surface area (Å²) in [7, 11) is 2.99. The average molecular weight is 336 g/mol. The Balaban J connectivity index is 2.34. The molecule has 2 rings (SSSR count). The maximum Gasteiger partial charge on any atom is 0.262 e. The Morgan fingerprint density at radius 3 is 2.55 bits per heavy atom. The minimum atomic E-state index is -4.02. The van der Waals surface area contributed by atoms with Gasteiger partial charge in [0, 0.05) is 24.3 Å². The molecule has 7 heteroatoms. The summed E-state index contributed by atoms with van der Waals surface area (Å²) in [6.45, 7) is 2.71. The Kier molecular flexibility index (Phi) is 4.33. The fourth-order valence-electron chi connectivity index (χ4n) is 2.19. The van der Waals surface area contributed by atoms with Gasteiger partial charge in [-0.1, -0.05) is 24.6 Å². The summed E-state index contributed by atoms with van der Waals surface area (Å²) in [5.74, 6) is 0.657. The molecule has 2 unspecified atom stereocenters. The molecule has 1 saturated carbocycles. The first-order valence-corrected chi connectivity index (χ1v) is 8.89. The van der Waals surface area contributed by atoms with Crippen molar-refractivity contribution in [3.8, 4) is 0 Å². The van der Waals surface area contributed by atoms with Crippen molar-refractivity contribution in [3.05, 3.63) is 28.8 Å². The molecule has 0 aromatic heterocycles. The summed E-state index contributed by atoms with van der Waals surface area (Å²) in [5.41, 5.74) is -0.0556. The SMILES string of the molecule is CC1CC1CN(C)C(=O)c1c(Cl)cccc1S(=O)(=O)Cl. The number of amides is 1. The molecule has 1 aliphatic carbocycles. The average Bonchev–Trinajstić information content (AvgIpc) is 3.02. The molecule has 1 aromatic rings. The minimum Gasteiger partial charge on any atom is -0.341 e. The van der Waals surface area contributed by atoms with Crippen molar-refractivity contribution in [1.82, 2.24) is 4.90 Å². The van der Waals surface area contributed by atoms with E-state index in [-0.39, 0.29) is 15.5 Å².